The van der Waals surface area contributed by atoms with Gasteiger partial charge in [0.25, 0.3) is 5.91 Å². The molecule has 2 aromatic rings. The molecule has 9 heteroatoms. The van der Waals surface area contributed by atoms with Crippen LogP contribution in [0.1, 0.15) is 35.3 Å². The van der Waals surface area contributed by atoms with E-state index in [1.165, 1.54) is 6.26 Å². The Bertz CT molecular complexity index is 1070. The number of sulfone groups is 1. The number of hydrogen-bond acceptors (Lipinski definition) is 5. The van der Waals surface area contributed by atoms with Gasteiger partial charge in [-0.1, -0.05) is 6.08 Å². The van der Waals surface area contributed by atoms with Crippen molar-refractivity contribution in [3.63, 3.8) is 0 Å². The van der Waals surface area contributed by atoms with Crippen LogP contribution in [-0.2, 0) is 9.84 Å². The van der Waals surface area contributed by atoms with Crippen molar-refractivity contribution in [2.45, 2.75) is 30.6 Å². The van der Waals surface area contributed by atoms with Crippen molar-refractivity contribution in [1.82, 2.24) is 10.3 Å². The van der Waals surface area contributed by atoms with E-state index in [-0.39, 0.29) is 17.7 Å². The minimum atomic E-state index is -3.03. The number of carbonyl (C=O) groups excluding carboxylic acids is 1. The molecule has 4 rings (SSSR count). The van der Waals surface area contributed by atoms with Crippen molar-refractivity contribution in [1.29, 1.82) is 0 Å². The SMILES string of the molecule is CN(c1ccc(C(N)=O)c2[nH]c(C3=CCC(S(C)(=O)=O)CC3)cc12)C1CNC1.Cl. The van der Waals surface area contributed by atoms with Crippen molar-refractivity contribution >= 4 is 50.3 Å². The van der Waals surface area contributed by atoms with Gasteiger partial charge in [-0.2, -0.15) is 0 Å². The smallest absolute Gasteiger partial charge is 0.250 e. The lowest BCUT2D eigenvalue weighted by Crippen LogP contribution is -2.56. The molecule has 0 radical (unpaired) electrons. The average Bonchev–Trinajstić information content (AvgIpc) is 3.03. The first-order valence-electron chi connectivity index (χ1n) is 9.53. The zero-order valence-electron chi connectivity index (χ0n) is 16.6. The number of anilines is 1. The van der Waals surface area contributed by atoms with Crippen LogP contribution < -0.4 is 16.0 Å². The molecule has 1 aromatic heterocycles. The number of nitrogens with zero attached hydrogens (tertiary/aromatic N) is 1. The number of primary amides is 1. The van der Waals surface area contributed by atoms with Crippen LogP contribution >= 0.6 is 12.4 Å². The Balaban J connectivity index is 0.00000240. The molecule has 1 atom stereocenters. The van der Waals surface area contributed by atoms with Gasteiger partial charge < -0.3 is 20.9 Å². The van der Waals surface area contributed by atoms with Crippen LogP contribution in [0.25, 0.3) is 16.5 Å². The molecular formula is C20H27ClN4O3S. The van der Waals surface area contributed by atoms with E-state index in [1.807, 2.05) is 12.1 Å². The van der Waals surface area contributed by atoms with Crippen LogP contribution in [0.4, 0.5) is 5.69 Å². The third kappa shape index (κ3) is 4.01. The molecule has 1 saturated heterocycles. The molecule has 2 heterocycles. The normalized spacial score (nSPS) is 19.9. The van der Waals surface area contributed by atoms with Crippen molar-refractivity contribution in [2.24, 2.45) is 5.73 Å². The summed E-state index contributed by atoms with van der Waals surface area (Å²) in [7, 11) is -0.964. The number of benzene rings is 1. The molecule has 1 amide bonds. The van der Waals surface area contributed by atoms with Gasteiger partial charge in [0.05, 0.1) is 22.4 Å². The summed E-state index contributed by atoms with van der Waals surface area (Å²) in [6.45, 7) is 1.87. The van der Waals surface area contributed by atoms with E-state index in [0.29, 0.717) is 30.9 Å². The Morgan fingerprint density at radius 2 is 2.00 bits per heavy atom. The average molecular weight is 439 g/mol. The van der Waals surface area contributed by atoms with Crippen molar-refractivity contribution < 1.29 is 13.2 Å². The summed E-state index contributed by atoms with van der Waals surface area (Å²) in [5.74, 6) is -0.465. The molecule has 29 heavy (non-hydrogen) atoms. The zero-order chi connectivity index (χ0) is 20.1. The summed E-state index contributed by atoms with van der Waals surface area (Å²) >= 11 is 0. The van der Waals surface area contributed by atoms with Crippen molar-refractivity contribution in [2.75, 3.05) is 31.3 Å². The number of likely N-dealkylation sites (N-methyl/N-ethyl adjacent to an activating group) is 1. The highest BCUT2D eigenvalue weighted by Gasteiger charge is 2.27. The van der Waals surface area contributed by atoms with Gasteiger partial charge >= 0.3 is 0 Å². The molecule has 4 N–H and O–H groups in total. The highest BCUT2D eigenvalue weighted by atomic mass is 35.5. The predicted octanol–water partition coefficient (Wildman–Crippen LogP) is 2.08. The predicted molar refractivity (Wildman–Crippen MR) is 120 cm³/mol. The van der Waals surface area contributed by atoms with Crippen LogP contribution in [0.2, 0.25) is 0 Å². The largest absolute Gasteiger partial charge is 0.369 e. The van der Waals surface area contributed by atoms with Crippen LogP contribution in [0.5, 0.6) is 0 Å². The Labute approximate surface area is 177 Å². The fraction of sp³-hybridized carbons (Fsp3) is 0.450. The van der Waals surface area contributed by atoms with Crippen LogP contribution in [0.3, 0.4) is 0 Å². The number of nitrogens with two attached hydrogens (primary N) is 1. The Hall–Kier alpha value is -2.03. The highest BCUT2D eigenvalue weighted by Crippen LogP contribution is 2.36. The molecule has 1 aromatic carbocycles. The zero-order valence-corrected chi connectivity index (χ0v) is 18.2. The number of carbonyl (C=O) groups is 1. The minimum absolute atomic E-state index is 0. The topological polar surface area (TPSA) is 108 Å². The lowest BCUT2D eigenvalue weighted by Gasteiger charge is -2.37. The second-order valence-corrected chi connectivity index (χ2v) is 10.2. The lowest BCUT2D eigenvalue weighted by molar-refractivity contribution is 0.100. The lowest BCUT2D eigenvalue weighted by atomic mass is 9.96. The summed E-state index contributed by atoms with van der Waals surface area (Å²) in [6.07, 6.45) is 5.13. The van der Waals surface area contributed by atoms with Gasteiger partial charge in [0.15, 0.2) is 9.84 Å². The van der Waals surface area contributed by atoms with Gasteiger partial charge in [0.2, 0.25) is 0 Å². The molecule has 7 nitrogen and oxygen atoms in total. The van der Waals surface area contributed by atoms with E-state index >= 15 is 0 Å². The summed E-state index contributed by atoms with van der Waals surface area (Å²) < 4.78 is 23.6. The second kappa shape index (κ2) is 8.01. The van der Waals surface area contributed by atoms with Gasteiger partial charge in [-0.3, -0.25) is 4.79 Å². The number of halogens is 1. The fourth-order valence-corrected chi connectivity index (χ4v) is 5.07. The second-order valence-electron chi connectivity index (χ2n) is 7.85. The summed E-state index contributed by atoms with van der Waals surface area (Å²) in [5, 5.41) is 3.94. The van der Waals surface area contributed by atoms with Crippen LogP contribution in [0.15, 0.2) is 24.3 Å². The first kappa shape index (κ1) is 21.7. The first-order chi connectivity index (χ1) is 13.3. The van der Waals surface area contributed by atoms with Crippen LogP contribution in [0, 0.1) is 0 Å². The minimum Gasteiger partial charge on any atom is -0.369 e. The van der Waals surface area contributed by atoms with Gasteiger partial charge in [-0.15, -0.1) is 12.4 Å². The summed E-state index contributed by atoms with van der Waals surface area (Å²) in [5.41, 5.74) is 9.87. The maximum absolute atomic E-state index is 11.9. The molecule has 0 bridgehead atoms. The summed E-state index contributed by atoms with van der Waals surface area (Å²) in [4.78, 5) is 17.5. The van der Waals surface area contributed by atoms with Crippen LogP contribution in [-0.4, -0.2) is 57.0 Å². The van der Waals surface area contributed by atoms with E-state index in [0.717, 1.165) is 40.9 Å². The first-order valence-corrected chi connectivity index (χ1v) is 11.5. The van der Waals surface area contributed by atoms with Crippen molar-refractivity contribution in [3.05, 3.63) is 35.5 Å². The number of aromatic nitrogens is 1. The Kier molecular flexibility index (Phi) is 5.98. The highest BCUT2D eigenvalue weighted by molar-refractivity contribution is 7.91. The van der Waals surface area contributed by atoms with E-state index < -0.39 is 15.7 Å². The number of amides is 1. The van der Waals surface area contributed by atoms with E-state index in [1.54, 1.807) is 6.07 Å². The molecule has 2 aliphatic rings. The Morgan fingerprint density at radius 1 is 1.28 bits per heavy atom. The van der Waals surface area contributed by atoms with E-state index in [4.69, 9.17) is 5.73 Å². The molecule has 0 spiro atoms. The molecule has 1 unspecified atom stereocenters. The molecule has 0 saturated carbocycles. The third-order valence-corrected chi connectivity index (χ3v) is 7.68. The number of hydrogen-bond donors (Lipinski definition) is 3. The molecule has 1 fully saturated rings. The van der Waals surface area contributed by atoms with E-state index in [2.05, 4.69) is 28.3 Å². The number of fused-ring (bicyclic) bond motifs is 1. The number of allylic oxidation sites excluding steroid dienone is 2. The number of nitrogens with one attached hydrogen (secondary N) is 2. The van der Waals surface area contributed by atoms with Gasteiger partial charge in [0, 0.05) is 43.2 Å². The van der Waals surface area contributed by atoms with Gasteiger partial charge in [-0.25, -0.2) is 8.42 Å². The standard InChI is InChI=1S/C20H26N4O3S.ClH/c1-24(13-10-22-11-13)18-8-7-15(20(21)25)19-16(18)9-17(23-19)12-3-5-14(6-4-12)28(2,26)27;/h3,7-9,13-14,22-23H,4-6,10-11H2,1-2H3,(H2,21,25);1H. The third-order valence-electron chi connectivity index (χ3n) is 6.04. The number of rotatable bonds is 5. The Morgan fingerprint density at radius 3 is 2.52 bits per heavy atom. The maximum atomic E-state index is 11.9. The molecular weight excluding hydrogens is 412 g/mol. The number of aromatic amines is 1. The maximum Gasteiger partial charge on any atom is 0.250 e. The summed E-state index contributed by atoms with van der Waals surface area (Å²) in [6, 6.07) is 6.21. The molecule has 1 aliphatic carbocycles. The quantitative estimate of drug-likeness (QED) is 0.662. The molecule has 158 valence electrons. The van der Waals surface area contributed by atoms with E-state index in [9.17, 15) is 13.2 Å². The fourth-order valence-electron chi connectivity index (χ4n) is 4.08. The van der Waals surface area contributed by atoms with Gasteiger partial charge in [0.1, 0.15) is 0 Å². The van der Waals surface area contributed by atoms with Crippen molar-refractivity contribution in [3.8, 4) is 0 Å². The number of H-pyrrole nitrogens is 1. The monoisotopic (exact) mass is 438 g/mol. The van der Waals surface area contributed by atoms with Gasteiger partial charge in [-0.05, 0) is 43.0 Å². The molecule has 1 aliphatic heterocycles.